The van der Waals surface area contributed by atoms with E-state index in [4.69, 9.17) is 23.2 Å². The van der Waals surface area contributed by atoms with Gasteiger partial charge in [-0.05, 0) is 30.2 Å². The minimum Gasteiger partial charge on any atom is -0.294 e. The molecule has 2 rings (SSSR count). The van der Waals surface area contributed by atoms with Gasteiger partial charge in [0.25, 0.3) is 0 Å². The molecule has 18 heavy (non-hydrogen) atoms. The number of hydrogen-bond acceptors (Lipinski definition) is 1. The Morgan fingerprint density at radius 1 is 1.06 bits per heavy atom. The highest BCUT2D eigenvalue weighted by atomic mass is 35.5. The number of aryl methyl sites for hydroxylation is 1. The third-order valence-electron chi connectivity index (χ3n) is 2.80. The van der Waals surface area contributed by atoms with Gasteiger partial charge in [-0.25, -0.2) is 0 Å². The molecule has 1 nitrogen and oxygen atoms in total. The van der Waals surface area contributed by atoms with E-state index in [0.29, 0.717) is 15.6 Å². The average Bonchev–Trinajstić information content (AvgIpc) is 2.35. The molecular weight excluding hydrogens is 267 g/mol. The third-order valence-corrected chi connectivity index (χ3v) is 3.67. The second-order valence-electron chi connectivity index (χ2n) is 4.13. The molecule has 0 aliphatic carbocycles. The van der Waals surface area contributed by atoms with Crippen LogP contribution in [0.2, 0.25) is 10.0 Å². The summed E-state index contributed by atoms with van der Waals surface area (Å²) in [5.74, 6) is -0.0169. The van der Waals surface area contributed by atoms with Gasteiger partial charge in [-0.1, -0.05) is 53.5 Å². The standard InChI is InChI=1S/C15H12Cl2O/c1-10-5-4-7-12(15(10)17)14(18)9-11-6-2-3-8-13(11)16/h2-8H,9H2,1H3. The molecule has 0 heterocycles. The van der Waals surface area contributed by atoms with Crippen molar-refractivity contribution < 1.29 is 4.79 Å². The van der Waals surface area contributed by atoms with Crippen molar-refractivity contribution in [3.05, 3.63) is 69.2 Å². The summed E-state index contributed by atoms with van der Waals surface area (Å²) in [6, 6.07) is 12.8. The fourth-order valence-corrected chi connectivity index (χ4v) is 2.21. The van der Waals surface area contributed by atoms with E-state index in [9.17, 15) is 4.79 Å². The van der Waals surface area contributed by atoms with Crippen LogP contribution in [0.1, 0.15) is 21.5 Å². The monoisotopic (exact) mass is 278 g/mol. The second kappa shape index (κ2) is 5.55. The molecular formula is C15H12Cl2O. The van der Waals surface area contributed by atoms with E-state index in [1.807, 2.05) is 37.3 Å². The lowest BCUT2D eigenvalue weighted by Crippen LogP contribution is -2.05. The number of carbonyl (C=O) groups excluding carboxylic acids is 1. The smallest absolute Gasteiger partial charge is 0.168 e. The average molecular weight is 279 g/mol. The molecule has 0 saturated heterocycles. The minimum atomic E-state index is -0.0169. The Morgan fingerprint density at radius 2 is 1.78 bits per heavy atom. The van der Waals surface area contributed by atoms with Crippen LogP contribution in [0.5, 0.6) is 0 Å². The highest BCUT2D eigenvalue weighted by molar-refractivity contribution is 6.35. The van der Waals surface area contributed by atoms with E-state index in [1.165, 1.54) is 0 Å². The summed E-state index contributed by atoms with van der Waals surface area (Å²) in [5.41, 5.74) is 2.28. The van der Waals surface area contributed by atoms with Crippen LogP contribution in [-0.4, -0.2) is 5.78 Å². The Kier molecular flexibility index (Phi) is 4.05. The summed E-state index contributed by atoms with van der Waals surface area (Å²) in [6.07, 6.45) is 0.267. The van der Waals surface area contributed by atoms with Crippen molar-refractivity contribution in [3.63, 3.8) is 0 Å². The largest absolute Gasteiger partial charge is 0.294 e. The number of halogens is 2. The van der Waals surface area contributed by atoms with Crippen LogP contribution in [0.3, 0.4) is 0 Å². The molecule has 0 aliphatic rings. The second-order valence-corrected chi connectivity index (χ2v) is 4.91. The number of rotatable bonds is 3. The molecule has 2 aromatic carbocycles. The number of benzene rings is 2. The number of carbonyl (C=O) groups is 1. The number of Topliss-reactive ketones (excluding diaryl/α,β-unsaturated/α-hetero) is 1. The zero-order valence-electron chi connectivity index (χ0n) is 9.91. The molecule has 0 spiro atoms. The van der Waals surface area contributed by atoms with Crippen LogP contribution < -0.4 is 0 Å². The van der Waals surface area contributed by atoms with Crippen molar-refractivity contribution in [2.45, 2.75) is 13.3 Å². The normalized spacial score (nSPS) is 10.4. The fourth-order valence-electron chi connectivity index (χ4n) is 1.77. The van der Waals surface area contributed by atoms with Crippen LogP contribution in [0.25, 0.3) is 0 Å². The topological polar surface area (TPSA) is 17.1 Å². The third kappa shape index (κ3) is 2.74. The first-order chi connectivity index (χ1) is 8.59. The molecule has 0 N–H and O–H groups in total. The predicted octanol–water partition coefficient (Wildman–Crippen LogP) is 4.73. The molecule has 2 aromatic rings. The molecule has 0 radical (unpaired) electrons. The summed E-state index contributed by atoms with van der Waals surface area (Å²) in [7, 11) is 0. The van der Waals surface area contributed by atoms with Gasteiger partial charge in [0.05, 0.1) is 5.02 Å². The lowest BCUT2D eigenvalue weighted by Gasteiger charge is -2.07. The lowest BCUT2D eigenvalue weighted by molar-refractivity contribution is 0.0993. The van der Waals surface area contributed by atoms with Gasteiger partial charge in [0.2, 0.25) is 0 Å². The quantitative estimate of drug-likeness (QED) is 0.742. The maximum absolute atomic E-state index is 12.2. The first-order valence-corrected chi connectivity index (χ1v) is 6.37. The van der Waals surface area contributed by atoms with Crippen molar-refractivity contribution in [3.8, 4) is 0 Å². The SMILES string of the molecule is Cc1cccc(C(=O)Cc2ccccc2Cl)c1Cl. The Balaban J connectivity index is 2.28. The number of ketones is 1. The van der Waals surface area contributed by atoms with E-state index in [0.717, 1.165) is 11.1 Å². The van der Waals surface area contributed by atoms with Crippen LogP contribution in [0.15, 0.2) is 42.5 Å². The van der Waals surface area contributed by atoms with Gasteiger partial charge in [0.1, 0.15) is 0 Å². The van der Waals surface area contributed by atoms with Gasteiger partial charge in [0, 0.05) is 17.0 Å². The summed E-state index contributed by atoms with van der Waals surface area (Å²) in [6.45, 7) is 1.88. The van der Waals surface area contributed by atoms with Crippen LogP contribution in [0, 0.1) is 6.92 Å². The highest BCUT2D eigenvalue weighted by Crippen LogP contribution is 2.23. The zero-order chi connectivity index (χ0) is 13.1. The van der Waals surface area contributed by atoms with E-state index >= 15 is 0 Å². The van der Waals surface area contributed by atoms with Crippen molar-refractivity contribution in [1.29, 1.82) is 0 Å². The van der Waals surface area contributed by atoms with Crippen molar-refractivity contribution in [2.75, 3.05) is 0 Å². The maximum Gasteiger partial charge on any atom is 0.168 e. The van der Waals surface area contributed by atoms with E-state index < -0.39 is 0 Å². The Hall–Kier alpha value is -1.31. The first-order valence-electron chi connectivity index (χ1n) is 5.61. The molecule has 3 heteroatoms. The molecule has 0 aliphatic heterocycles. The Labute approximate surface area is 116 Å². The molecule has 0 amide bonds. The molecule has 0 atom stereocenters. The van der Waals surface area contributed by atoms with Gasteiger partial charge >= 0.3 is 0 Å². The molecule has 0 fully saturated rings. The summed E-state index contributed by atoms with van der Waals surface area (Å²) in [4.78, 5) is 12.2. The van der Waals surface area contributed by atoms with E-state index in [-0.39, 0.29) is 12.2 Å². The zero-order valence-corrected chi connectivity index (χ0v) is 11.4. The first kappa shape index (κ1) is 13.1. The van der Waals surface area contributed by atoms with Crippen LogP contribution in [0.4, 0.5) is 0 Å². The fraction of sp³-hybridized carbons (Fsp3) is 0.133. The van der Waals surface area contributed by atoms with Crippen LogP contribution >= 0.6 is 23.2 Å². The number of hydrogen-bond donors (Lipinski definition) is 0. The predicted molar refractivity (Wildman–Crippen MR) is 75.7 cm³/mol. The van der Waals surface area contributed by atoms with Gasteiger partial charge in [0.15, 0.2) is 5.78 Å². The summed E-state index contributed by atoms with van der Waals surface area (Å²) < 4.78 is 0. The van der Waals surface area contributed by atoms with Crippen LogP contribution in [-0.2, 0) is 6.42 Å². The Morgan fingerprint density at radius 3 is 2.50 bits per heavy atom. The van der Waals surface area contributed by atoms with Crippen molar-refractivity contribution >= 4 is 29.0 Å². The van der Waals surface area contributed by atoms with Crippen molar-refractivity contribution in [1.82, 2.24) is 0 Å². The lowest BCUT2D eigenvalue weighted by atomic mass is 10.0. The van der Waals surface area contributed by atoms with E-state index in [2.05, 4.69) is 0 Å². The molecule has 0 unspecified atom stereocenters. The minimum absolute atomic E-state index is 0.0169. The Bertz CT molecular complexity index is 591. The molecule has 0 saturated carbocycles. The highest BCUT2D eigenvalue weighted by Gasteiger charge is 2.13. The van der Waals surface area contributed by atoms with Gasteiger partial charge in [-0.3, -0.25) is 4.79 Å². The van der Waals surface area contributed by atoms with Crippen molar-refractivity contribution in [2.24, 2.45) is 0 Å². The van der Waals surface area contributed by atoms with Gasteiger partial charge < -0.3 is 0 Å². The van der Waals surface area contributed by atoms with E-state index in [1.54, 1.807) is 12.1 Å². The van der Waals surface area contributed by atoms with Gasteiger partial charge in [-0.15, -0.1) is 0 Å². The maximum atomic E-state index is 12.2. The van der Waals surface area contributed by atoms with Gasteiger partial charge in [-0.2, -0.15) is 0 Å². The summed E-state index contributed by atoms with van der Waals surface area (Å²) >= 11 is 12.2. The summed E-state index contributed by atoms with van der Waals surface area (Å²) in [5, 5.41) is 1.13. The molecule has 0 aromatic heterocycles. The molecule has 92 valence electrons. The molecule has 0 bridgehead atoms.